The van der Waals surface area contributed by atoms with Crippen LogP contribution in [0, 0.1) is 0 Å². The number of nitrogens with zero attached hydrogens (tertiary/aromatic N) is 3. The Morgan fingerprint density at radius 3 is 2.74 bits per heavy atom. The Morgan fingerprint density at radius 1 is 1.30 bits per heavy atom. The van der Waals surface area contributed by atoms with Gasteiger partial charge >= 0.3 is 0 Å². The molecule has 27 heavy (non-hydrogen) atoms. The molecular weight excluding hydrogens is 389 g/mol. The number of carbonyl (C=O) groups is 1. The van der Waals surface area contributed by atoms with Crippen LogP contribution in [0.15, 0.2) is 41.3 Å². The smallest absolute Gasteiger partial charge is 0.274 e. The fourth-order valence-electron chi connectivity index (χ4n) is 3.18. The average molecular weight is 406 g/mol. The molecule has 5 nitrogen and oxygen atoms in total. The third-order valence-electron chi connectivity index (χ3n) is 4.87. The van der Waals surface area contributed by atoms with Crippen LogP contribution in [-0.2, 0) is 0 Å². The van der Waals surface area contributed by atoms with Crippen molar-refractivity contribution in [3.63, 3.8) is 0 Å². The number of carbonyl (C=O) groups excluding carboxylic acids is 1. The first-order valence-electron chi connectivity index (χ1n) is 8.61. The molecule has 0 N–H and O–H groups in total. The summed E-state index contributed by atoms with van der Waals surface area (Å²) in [5.41, 5.74) is -0.549. The number of hydrogen-bond donors (Lipinski definition) is 0. The fourth-order valence-corrected chi connectivity index (χ4v) is 4.32. The lowest BCUT2D eigenvalue weighted by molar-refractivity contribution is 0.0504. The summed E-state index contributed by atoms with van der Waals surface area (Å²) in [7, 11) is 0. The number of benzene rings is 1. The lowest BCUT2D eigenvalue weighted by Gasteiger charge is -2.34. The predicted molar refractivity (Wildman–Crippen MR) is 105 cm³/mol. The molecule has 1 aliphatic rings. The Morgan fingerprint density at radius 2 is 2.04 bits per heavy atom. The van der Waals surface area contributed by atoms with E-state index in [1.807, 2.05) is 0 Å². The predicted octanol–water partition coefficient (Wildman–Crippen LogP) is 4.06. The van der Waals surface area contributed by atoms with E-state index < -0.39 is 5.67 Å². The van der Waals surface area contributed by atoms with Crippen molar-refractivity contribution < 1.29 is 9.18 Å². The molecule has 1 aromatic carbocycles. The van der Waals surface area contributed by atoms with Crippen LogP contribution < -0.4 is 5.56 Å². The van der Waals surface area contributed by atoms with Crippen molar-refractivity contribution in [3.05, 3.63) is 57.5 Å². The van der Waals surface area contributed by atoms with E-state index in [0.717, 1.165) is 0 Å². The molecule has 8 heteroatoms. The number of likely N-dealkylation sites (tertiary alicyclic amines) is 1. The zero-order chi connectivity index (χ0) is 19.2. The van der Waals surface area contributed by atoms with E-state index in [1.54, 1.807) is 48.4 Å². The normalized spacial score (nSPS) is 16.6. The van der Waals surface area contributed by atoms with Crippen molar-refractivity contribution in [3.8, 4) is 5.69 Å². The van der Waals surface area contributed by atoms with Gasteiger partial charge in [0.15, 0.2) is 0 Å². The van der Waals surface area contributed by atoms with Crippen LogP contribution in [0.3, 0.4) is 0 Å². The number of rotatable bonds is 2. The van der Waals surface area contributed by atoms with Gasteiger partial charge in [-0.05, 0) is 61.6 Å². The molecule has 0 atom stereocenters. The Bertz CT molecular complexity index is 1080. The first kappa shape index (κ1) is 18.1. The number of pyridine rings is 1. The van der Waals surface area contributed by atoms with Gasteiger partial charge in [0, 0.05) is 19.3 Å². The van der Waals surface area contributed by atoms with Crippen LogP contribution in [0.1, 0.15) is 30.1 Å². The molecule has 0 aliphatic carbocycles. The minimum absolute atomic E-state index is 0.185. The summed E-state index contributed by atoms with van der Waals surface area (Å²) in [6.45, 7) is 2.25. The van der Waals surface area contributed by atoms with Gasteiger partial charge in [-0.1, -0.05) is 11.6 Å². The summed E-state index contributed by atoms with van der Waals surface area (Å²) in [6.07, 6.45) is 2.24. The maximum absolute atomic E-state index is 14.0. The molecule has 0 spiro atoms. The minimum atomic E-state index is -1.24. The minimum Gasteiger partial charge on any atom is -0.338 e. The van der Waals surface area contributed by atoms with Crippen molar-refractivity contribution in [2.45, 2.75) is 25.4 Å². The molecule has 2 aromatic heterocycles. The number of amides is 1. The maximum atomic E-state index is 14.0. The molecule has 0 unspecified atom stereocenters. The second kappa shape index (κ2) is 6.73. The van der Waals surface area contributed by atoms with Gasteiger partial charge in [-0.25, -0.2) is 13.3 Å². The van der Waals surface area contributed by atoms with Crippen LogP contribution >= 0.6 is 23.1 Å². The van der Waals surface area contributed by atoms with E-state index >= 15 is 0 Å². The van der Waals surface area contributed by atoms with Crippen molar-refractivity contribution in [1.29, 1.82) is 0 Å². The summed E-state index contributed by atoms with van der Waals surface area (Å²) in [6, 6.07) is 8.36. The van der Waals surface area contributed by atoms with E-state index in [-0.39, 0.29) is 11.5 Å². The highest BCUT2D eigenvalue weighted by Crippen LogP contribution is 2.29. The number of aromatic nitrogens is 2. The molecule has 1 saturated heterocycles. The van der Waals surface area contributed by atoms with Crippen LogP contribution in [0.5, 0.6) is 0 Å². The molecule has 1 amide bonds. The third kappa shape index (κ3) is 3.37. The van der Waals surface area contributed by atoms with Gasteiger partial charge in [0.25, 0.3) is 11.5 Å². The second-order valence-electron chi connectivity index (χ2n) is 6.92. The zero-order valence-electron chi connectivity index (χ0n) is 14.6. The molecule has 3 heterocycles. The van der Waals surface area contributed by atoms with Crippen molar-refractivity contribution >= 4 is 39.3 Å². The Kier molecular flexibility index (Phi) is 4.52. The summed E-state index contributed by atoms with van der Waals surface area (Å²) in [4.78, 5) is 32.0. The van der Waals surface area contributed by atoms with Crippen LogP contribution in [0.2, 0.25) is 5.02 Å². The average Bonchev–Trinajstić information content (AvgIpc) is 2.99. The molecule has 0 bridgehead atoms. The number of hydrogen-bond acceptors (Lipinski definition) is 4. The molecular formula is C19H17ClFN3O2S. The summed E-state index contributed by atoms with van der Waals surface area (Å²) >= 11 is 7.47. The number of fused-ring (bicyclic) bond motifs is 1. The lowest BCUT2D eigenvalue weighted by atomic mass is 9.95. The van der Waals surface area contributed by atoms with Crippen LogP contribution in [-0.4, -0.2) is 38.5 Å². The molecule has 1 fully saturated rings. The number of alkyl halides is 1. The second-order valence-corrected chi connectivity index (χ2v) is 8.26. The SMILES string of the molecule is CC1(F)CCN(C(=O)c2cc(-n3sc4ncccc4c3=O)ccc2Cl)CC1. The first-order valence-corrected chi connectivity index (χ1v) is 9.76. The highest BCUT2D eigenvalue weighted by Gasteiger charge is 2.32. The fraction of sp³-hybridized carbons (Fsp3) is 0.316. The summed E-state index contributed by atoms with van der Waals surface area (Å²) in [5, 5.41) is 0.841. The highest BCUT2D eigenvalue weighted by atomic mass is 35.5. The van der Waals surface area contributed by atoms with Gasteiger partial charge < -0.3 is 4.90 Å². The van der Waals surface area contributed by atoms with Crippen LogP contribution in [0.4, 0.5) is 4.39 Å². The lowest BCUT2D eigenvalue weighted by Crippen LogP contribution is -2.43. The van der Waals surface area contributed by atoms with E-state index in [0.29, 0.717) is 52.4 Å². The maximum Gasteiger partial charge on any atom is 0.274 e. The van der Waals surface area contributed by atoms with E-state index in [2.05, 4.69) is 4.98 Å². The van der Waals surface area contributed by atoms with Gasteiger partial charge in [0.2, 0.25) is 0 Å². The first-order chi connectivity index (χ1) is 12.9. The Hall–Kier alpha value is -2.25. The van der Waals surface area contributed by atoms with Gasteiger partial charge in [-0.3, -0.25) is 9.59 Å². The van der Waals surface area contributed by atoms with Gasteiger partial charge in [0.1, 0.15) is 10.5 Å². The molecule has 0 radical (unpaired) electrons. The third-order valence-corrected chi connectivity index (χ3v) is 6.26. The van der Waals surface area contributed by atoms with Crippen LogP contribution in [0.25, 0.3) is 15.9 Å². The van der Waals surface area contributed by atoms with E-state index in [9.17, 15) is 14.0 Å². The zero-order valence-corrected chi connectivity index (χ0v) is 16.2. The highest BCUT2D eigenvalue weighted by molar-refractivity contribution is 7.13. The quantitative estimate of drug-likeness (QED) is 0.646. The molecule has 1 aliphatic heterocycles. The van der Waals surface area contributed by atoms with E-state index in [4.69, 9.17) is 11.6 Å². The monoisotopic (exact) mass is 405 g/mol. The van der Waals surface area contributed by atoms with Gasteiger partial charge in [-0.15, -0.1) is 0 Å². The van der Waals surface area contributed by atoms with Gasteiger partial charge in [-0.2, -0.15) is 0 Å². The Balaban J connectivity index is 1.70. The number of piperidine rings is 1. The standard InChI is InChI=1S/C19H17ClFN3O2S/c1-19(21)6-9-23(10-7-19)17(25)14-11-12(4-5-15(14)20)24-18(26)13-3-2-8-22-16(13)27-24/h2-5,8,11H,6-7,9-10H2,1H3. The van der Waals surface area contributed by atoms with Crippen molar-refractivity contribution in [2.75, 3.05) is 13.1 Å². The van der Waals surface area contributed by atoms with Gasteiger partial charge in [0.05, 0.1) is 21.7 Å². The van der Waals surface area contributed by atoms with E-state index in [1.165, 1.54) is 15.5 Å². The molecule has 140 valence electrons. The largest absolute Gasteiger partial charge is 0.338 e. The Labute approximate surface area is 164 Å². The summed E-state index contributed by atoms with van der Waals surface area (Å²) < 4.78 is 15.5. The number of halogens is 2. The topological polar surface area (TPSA) is 55.2 Å². The van der Waals surface area contributed by atoms with Crippen molar-refractivity contribution in [2.24, 2.45) is 0 Å². The van der Waals surface area contributed by atoms with Crippen molar-refractivity contribution in [1.82, 2.24) is 13.8 Å². The molecule has 3 aromatic rings. The molecule has 0 saturated carbocycles. The summed E-state index contributed by atoms with van der Waals surface area (Å²) in [5.74, 6) is -0.246. The molecule has 4 rings (SSSR count).